The predicted molar refractivity (Wildman–Crippen MR) is 88.7 cm³/mol. The molecule has 0 unspecified atom stereocenters. The molecule has 0 saturated heterocycles. The highest BCUT2D eigenvalue weighted by atomic mass is 16.1. The van der Waals surface area contributed by atoms with Crippen molar-refractivity contribution in [2.75, 3.05) is 0 Å². The zero-order chi connectivity index (χ0) is 16.4. The van der Waals surface area contributed by atoms with Crippen LogP contribution in [0.15, 0.2) is 46.4 Å². The monoisotopic (exact) mass is 311 g/mol. The third-order valence-corrected chi connectivity index (χ3v) is 4.71. The van der Waals surface area contributed by atoms with Crippen molar-refractivity contribution in [1.82, 2.24) is 9.13 Å². The second-order valence-corrected chi connectivity index (χ2v) is 6.44. The van der Waals surface area contributed by atoms with Gasteiger partial charge in [-0.3, -0.25) is 9.13 Å². The van der Waals surface area contributed by atoms with E-state index in [-0.39, 0.29) is 11.7 Å². The fourth-order valence-electron chi connectivity index (χ4n) is 3.44. The molecule has 1 saturated carbocycles. The maximum absolute atomic E-state index is 12.5. The van der Waals surface area contributed by atoms with Gasteiger partial charge in [-0.2, -0.15) is 4.99 Å². The third-order valence-electron chi connectivity index (χ3n) is 4.71. The van der Waals surface area contributed by atoms with E-state index in [4.69, 9.17) is 0 Å². The number of imidazole rings is 1. The minimum Gasteiger partial charge on any atom is -0.296 e. The first-order chi connectivity index (χ1) is 11.1. The second kappa shape index (κ2) is 6.01. The van der Waals surface area contributed by atoms with Gasteiger partial charge in [-0.1, -0.05) is 25.0 Å². The number of benzene rings is 1. The minimum atomic E-state index is -0.470. The molecule has 0 radical (unpaired) electrons. The molecule has 0 atom stereocenters. The Morgan fingerprint density at radius 1 is 1.22 bits per heavy atom. The lowest BCUT2D eigenvalue weighted by Crippen LogP contribution is -2.25. The zero-order valence-corrected chi connectivity index (χ0v) is 13.5. The summed E-state index contributed by atoms with van der Waals surface area (Å²) in [5, 5.41) is 0. The average Bonchev–Trinajstić information content (AvgIpc) is 3.15. The molecule has 1 aliphatic carbocycles. The fraction of sp³-hybridized carbons (Fsp3) is 0.444. The van der Waals surface area contributed by atoms with Crippen molar-refractivity contribution in [3.05, 3.63) is 52.7 Å². The number of hydrogen-bond acceptors (Lipinski definition) is 3. The van der Waals surface area contributed by atoms with Gasteiger partial charge in [0.1, 0.15) is 0 Å². The lowest BCUT2D eigenvalue weighted by Gasteiger charge is -2.23. The molecule has 5 nitrogen and oxygen atoms in total. The van der Waals surface area contributed by atoms with Gasteiger partial charge in [0.2, 0.25) is 6.08 Å². The summed E-state index contributed by atoms with van der Waals surface area (Å²) >= 11 is 0. The van der Waals surface area contributed by atoms with Crippen LogP contribution < -0.4 is 5.69 Å². The second-order valence-electron chi connectivity index (χ2n) is 6.44. The van der Waals surface area contributed by atoms with Crippen LogP contribution in [0.5, 0.6) is 0 Å². The first kappa shape index (κ1) is 15.5. The quantitative estimate of drug-likeness (QED) is 0.642. The first-order valence-electron chi connectivity index (χ1n) is 8.07. The van der Waals surface area contributed by atoms with Gasteiger partial charge in [-0.25, -0.2) is 9.59 Å². The van der Waals surface area contributed by atoms with Gasteiger partial charge in [0, 0.05) is 18.4 Å². The molecule has 1 aromatic carbocycles. The van der Waals surface area contributed by atoms with Crippen molar-refractivity contribution in [3.8, 4) is 5.69 Å². The van der Waals surface area contributed by atoms with Crippen LogP contribution in [0.3, 0.4) is 0 Å². The number of rotatable bonds is 4. The highest BCUT2D eigenvalue weighted by Gasteiger charge is 2.35. The molecule has 23 heavy (non-hydrogen) atoms. The molecule has 1 aromatic heterocycles. The fourth-order valence-corrected chi connectivity index (χ4v) is 3.44. The van der Waals surface area contributed by atoms with Crippen LogP contribution in [0.2, 0.25) is 0 Å². The van der Waals surface area contributed by atoms with Crippen LogP contribution in [0.1, 0.15) is 51.1 Å². The Labute approximate surface area is 135 Å². The Bertz CT molecular complexity index is 804. The summed E-state index contributed by atoms with van der Waals surface area (Å²) in [5.74, 6) is 0. The van der Waals surface area contributed by atoms with Crippen molar-refractivity contribution in [1.29, 1.82) is 0 Å². The van der Waals surface area contributed by atoms with Crippen LogP contribution in [0.25, 0.3) is 5.69 Å². The first-order valence-corrected chi connectivity index (χ1v) is 8.07. The van der Waals surface area contributed by atoms with E-state index in [1.54, 1.807) is 27.6 Å². The summed E-state index contributed by atoms with van der Waals surface area (Å²) in [7, 11) is 0. The third kappa shape index (κ3) is 2.68. The van der Waals surface area contributed by atoms with Gasteiger partial charge in [0.25, 0.3) is 0 Å². The number of isocyanates is 1. The number of carbonyl (C=O) groups excluding carboxylic acids is 1. The van der Waals surface area contributed by atoms with Crippen molar-refractivity contribution < 1.29 is 4.79 Å². The molecule has 0 N–H and O–H groups in total. The predicted octanol–water partition coefficient (Wildman–Crippen LogP) is 3.33. The molecule has 1 fully saturated rings. The lowest BCUT2D eigenvalue weighted by atomic mass is 9.88. The van der Waals surface area contributed by atoms with E-state index in [1.165, 1.54) is 0 Å². The van der Waals surface area contributed by atoms with Gasteiger partial charge in [0.05, 0.1) is 11.2 Å². The molecular formula is C18H21N3O2. The van der Waals surface area contributed by atoms with Crippen molar-refractivity contribution in [2.45, 2.75) is 51.1 Å². The minimum absolute atomic E-state index is 0.0588. The van der Waals surface area contributed by atoms with E-state index in [1.807, 2.05) is 38.1 Å². The average molecular weight is 311 g/mol. The molecular weight excluding hydrogens is 290 g/mol. The number of hydrogen-bond donors (Lipinski definition) is 0. The topological polar surface area (TPSA) is 56.4 Å². The van der Waals surface area contributed by atoms with E-state index in [0.29, 0.717) is 0 Å². The van der Waals surface area contributed by atoms with Crippen LogP contribution in [0.4, 0.5) is 0 Å². The summed E-state index contributed by atoms with van der Waals surface area (Å²) < 4.78 is 3.33. The molecule has 3 rings (SSSR count). The van der Waals surface area contributed by atoms with E-state index in [2.05, 4.69) is 4.99 Å². The van der Waals surface area contributed by atoms with Gasteiger partial charge in [-0.15, -0.1) is 0 Å². The Morgan fingerprint density at radius 3 is 2.57 bits per heavy atom. The van der Waals surface area contributed by atoms with E-state index in [0.717, 1.165) is 36.9 Å². The summed E-state index contributed by atoms with van der Waals surface area (Å²) in [6.45, 7) is 3.96. The van der Waals surface area contributed by atoms with Crippen LogP contribution in [0, 0.1) is 0 Å². The van der Waals surface area contributed by atoms with E-state index < -0.39 is 5.54 Å². The van der Waals surface area contributed by atoms with Crippen LogP contribution >= 0.6 is 0 Å². The Morgan fingerprint density at radius 2 is 1.96 bits per heavy atom. The largest absolute Gasteiger partial charge is 0.332 e. The normalized spacial score (nSPS) is 16.5. The maximum atomic E-state index is 12.5. The smallest absolute Gasteiger partial charge is 0.296 e. The molecule has 1 aliphatic rings. The Hall–Kier alpha value is -2.39. The molecule has 0 aliphatic heterocycles. The van der Waals surface area contributed by atoms with Crippen molar-refractivity contribution in [2.24, 2.45) is 4.99 Å². The van der Waals surface area contributed by atoms with E-state index in [9.17, 15) is 9.59 Å². The van der Waals surface area contributed by atoms with Crippen LogP contribution in [-0.2, 0) is 10.3 Å². The molecule has 120 valence electrons. The number of aromatic nitrogens is 2. The zero-order valence-electron chi connectivity index (χ0n) is 13.5. The highest BCUT2D eigenvalue weighted by molar-refractivity contribution is 5.43. The Kier molecular flexibility index (Phi) is 4.05. The molecule has 0 amide bonds. The van der Waals surface area contributed by atoms with Gasteiger partial charge < -0.3 is 0 Å². The molecule has 2 aromatic rings. The molecule has 5 heteroatoms. The summed E-state index contributed by atoms with van der Waals surface area (Å²) in [6, 6.07) is 7.90. The summed E-state index contributed by atoms with van der Waals surface area (Å²) in [5.41, 5.74) is 1.26. The Balaban J connectivity index is 2.07. The number of aliphatic imine (C=N–C) groups is 1. The summed E-state index contributed by atoms with van der Waals surface area (Å²) in [4.78, 5) is 27.5. The summed E-state index contributed by atoms with van der Waals surface area (Å²) in [6.07, 6.45) is 9.14. The van der Waals surface area contributed by atoms with Crippen molar-refractivity contribution in [3.63, 3.8) is 0 Å². The van der Waals surface area contributed by atoms with Gasteiger partial charge in [0.15, 0.2) is 0 Å². The number of nitrogens with zero attached hydrogens (tertiary/aromatic N) is 3. The highest BCUT2D eigenvalue weighted by Crippen LogP contribution is 2.42. The van der Waals surface area contributed by atoms with Gasteiger partial charge in [-0.05, 0) is 44.4 Å². The molecule has 1 heterocycles. The SMILES string of the molecule is CC(C)n1ccn(-c2cccc(C3(N=C=O)CCCC3)c2)c1=O. The standard InChI is InChI=1S/C18H21N3O2/c1-14(2)20-10-11-21(17(20)23)16-7-5-6-15(12-16)18(19-13-22)8-3-4-9-18/h5-7,10-12,14H,3-4,8-9H2,1-2H3. The maximum Gasteiger partial charge on any atom is 0.332 e. The lowest BCUT2D eigenvalue weighted by molar-refractivity contribution is 0.455. The van der Waals surface area contributed by atoms with Gasteiger partial charge >= 0.3 is 5.69 Å². The van der Waals surface area contributed by atoms with Crippen LogP contribution in [-0.4, -0.2) is 15.2 Å². The van der Waals surface area contributed by atoms with E-state index >= 15 is 0 Å². The van der Waals surface area contributed by atoms with Crippen molar-refractivity contribution >= 4 is 6.08 Å². The molecule has 0 bridgehead atoms. The molecule has 0 spiro atoms.